The van der Waals surface area contributed by atoms with Crippen molar-refractivity contribution in [3.8, 4) is 0 Å². The quantitative estimate of drug-likeness (QED) is 0.707. The highest BCUT2D eigenvalue weighted by Gasteiger charge is 2.22. The third-order valence-corrected chi connectivity index (χ3v) is 2.77. The van der Waals surface area contributed by atoms with Crippen molar-refractivity contribution < 1.29 is 9.90 Å². The van der Waals surface area contributed by atoms with Gasteiger partial charge in [-0.25, -0.2) is 9.78 Å². The molecule has 15 heavy (non-hydrogen) atoms. The average Bonchev–Trinajstić information content (AvgIpc) is 2.27. The van der Waals surface area contributed by atoms with Gasteiger partial charge in [0, 0.05) is 13.0 Å². The number of rotatable bonds is 1. The van der Waals surface area contributed by atoms with Crippen LogP contribution in [0.3, 0.4) is 0 Å². The molecule has 1 aromatic heterocycles. The van der Waals surface area contributed by atoms with Crippen molar-refractivity contribution in [1.29, 1.82) is 0 Å². The Kier molecular flexibility index (Phi) is 2.72. The fourth-order valence-corrected chi connectivity index (χ4v) is 1.76. The van der Waals surface area contributed by atoms with E-state index in [0.29, 0.717) is 30.4 Å². The highest BCUT2D eigenvalue weighted by Crippen LogP contribution is 2.16. The molecule has 1 amide bonds. The van der Waals surface area contributed by atoms with Crippen LogP contribution in [0.5, 0.6) is 0 Å². The lowest BCUT2D eigenvalue weighted by Crippen LogP contribution is -2.36. The van der Waals surface area contributed by atoms with E-state index in [0.717, 1.165) is 5.69 Å². The van der Waals surface area contributed by atoms with Gasteiger partial charge in [-0.05, 0) is 6.26 Å². The molecule has 1 N–H and O–H groups in total. The van der Waals surface area contributed by atoms with Crippen LogP contribution in [-0.4, -0.2) is 44.1 Å². The molecule has 2 heterocycles. The standard InChI is InChI=1S/C8H10N4O2S/c1-15-7-9-5-2-3-12(8(13)14)4-6(5)10-11-7/h2-4H2,1H3,(H,13,14). The zero-order valence-electron chi connectivity index (χ0n) is 8.17. The molecule has 2 rings (SSSR count). The summed E-state index contributed by atoms with van der Waals surface area (Å²) in [5.74, 6) is 0. The molecule has 0 radical (unpaired) electrons. The summed E-state index contributed by atoms with van der Waals surface area (Å²) in [5, 5.41) is 17.3. The van der Waals surface area contributed by atoms with Crippen molar-refractivity contribution in [1.82, 2.24) is 20.1 Å². The predicted molar refractivity (Wildman–Crippen MR) is 53.7 cm³/mol. The maximum Gasteiger partial charge on any atom is 0.407 e. The van der Waals surface area contributed by atoms with Crippen molar-refractivity contribution in [2.75, 3.05) is 12.8 Å². The highest BCUT2D eigenvalue weighted by molar-refractivity contribution is 7.98. The van der Waals surface area contributed by atoms with E-state index in [-0.39, 0.29) is 0 Å². The second kappa shape index (κ2) is 4.01. The number of carboxylic acid groups (broad SMARTS) is 1. The van der Waals surface area contributed by atoms with E-state index < -0.39 is 6.09 Å². The molecule has 0 saturated heterocycles. The second-order valence-electron chi connectivity index (χ2n) is 3.15. The summed E-state index contributed by atoms with van der Waals surface area (Å²) >= 11 is 1.43. The third kappa shape index (κ3) is 2.01. The molecule has 80 valence electrons. The number of amides is 1. The van der Waals surface area contributed by atoms with Crippen molar-refractivity contribution in [3.63, 3.8) is 0 Å². The van der Waals surface area contributed by atoms with Gasteiger partial charge in [0.2, 0.25) is 5.16 Å². The summed E-state index contributed by atoms with van der Waals surface area (Å²) in [5.41, 5.74) is 1.54. The molecule has 7 heteroatoms. The minimum absolute atomic E-state index is 0.291. The summed E-state index contributed by atoms with van der Waals surface area (Å²) in [4.78, 5) is 16.4. The largest absolute Gasteiger partial charge is 0.465 e. The molecule has 0 aromatic carbocycles. The van der Waals surface area contributed by atoms with Crippen LogP contribution in [0.4, 0.5) is 4.79 Å². The molecule has 0 spiro atoms. The minimum Gasteiger partial charge on any atom is -0.465 e. The first-order valence-electron chi connectivity index (χ1n) is 4.45. The van der Waals surface area contributed by atoms with Gasteiger partial charge in [-0.2, -0.15) is 0 Å². The van der Waals surface area contributed by atoms with E-state index in [1.807, 2.05) is 6.26 Å². The van der Waals surface area contributed by atoms with Gasteiger partial charge >= 0.3 is 6.09 Å². The average molecular weight is 226 g/mol. The van der Waals surface area contributed by atoms with Crippen LogP contribution in [-0.2, 0) is 13.0 Å². The summed E-state index contributed by atoms with van der Waals surface area (Å²) in [6.07, 6.45) is 1.58. The number of carbonyl (C=O) groups is 1. The van der Waals surface area contributed by atoms with E-state index in [4.69, 9.17) is 5.11 Å². The van der Waals surface area contributed by atoms with Crippen molar-refractivity contribution in [2.24, 2.45) is 0 Å². The van der Waals surface area contributed by atoms with Gasteiger partial charge in [-0.15, -0.1) is 10.2 Å². The van der Waals surface area contributed by atoms with Gasteiger partial charge in [-0.1, -0.05) is 11.8 Å². The number of aromatic nitrogens is 3. The number of hydrogen-bond acceptors (Lipinski definition) is 5. The topological polar surface area (TPSA) is 79.2 Å². The molecule has 6 nitrogen and oxygen atoms in total. The fraction of sp³-hybridized carbons (Fsp3) is 0.500. The molecule has 0 unspecified atom stereocenters. The van der Waals surface area contributed by atoms with Gasteiger partial charge in [-0.3, -0.25) is 0 Å². The molecule has 0 aliphatic carbocycles. The Morgan fingerprint density at radius 3 is 2.93 bits per heavy atom. The highest BCUT2D eigenvalue weighted by atomic mass is 32.2. The minimum atomic E-state index is -0.920. The van der Waals surface area contributed by atoms with Crippen LogP contribution in [0.1, 0.15) is 11.4 Å². The Bertz CT molecular complexity index is 398. The van der Waals surface area contributed by atoms with E-state index in [1.165, 1.54) is 16.7 Å². The van der Waals surface area contributed by atoms with Gasteiger partial charge in [0.25, 0.3) is 0 Å². The van der Waals surface area contributed by atoms with Crippen LogP contribution >= 0.6 is 11.8 Å². The lowest BCUT2D eigenvalue weighted by atomic mass is 10.1. The van der Waals surface area contributed by atoms with E-state index in [1.54, 1.807) is 0 Å². The molecule has 0 atom stereocenters. The van der Waals surface area contributed by atoms with Crippen LogP contribution in [0.2, 0.25) is 0 Å². The lowest BCUT2D eigenvalue weighted by Gasteiger charge is -2.24. The van der Waals surface area contributed by atoms with E-state index in [2.05, 4.69) is 15.2 Å². The number of fused-ring (bicyclic) bond motifs is 1. The first-order valence-corrected chi connectivity index (χ1v) is 5.67. The summed E-state index contributed by atoms with van der Waals surface area (Å²) in [6, 6.07) is 0. The van der Waals surface area contributed by atoms with Crippen molar-refractivity contribution in [2.45, 2.75) is 18.1 Å². The number of hydrogen-bond donors (Lipinski definition) is 1. The summed E-state index contributed by atoms with van der Waals surface area (Å²) in [6.45, 7) is 0.772. The smallest absolute Gasteiger partial charge is 0.407 e. The van der Waals surface area contributed by atoms with Crippen LogP contribution in [0.25, 0.3) is 0 Å². The van der Waals surface area contributed by atoms with E-state index >= 15 is 0 Å². The molecule has 0 fully saturated rings. The Morgan fingerprint density at radius 1 is 1.47 bits per heavy atom. The molecule has 1 aromatic rings. The Balaban J connectivity index is 2.24. The molecule has 1 aliphatic rings. The Morgan fingerprint density at radius 2 is 2.27 bits per heavy atom. The van der Waals surface area contributed by atoms with E-state index in [9.17, 15) is 4.79 Å². The zero-order chi connectivity index (χ0) is 10.8. The van der Waals surface area contributed by atoms with Gasteiger partial charge in [0.05, 0.1) is 12.2 Å². The van der Waals surface area contributed by atoms with Gasteiger partial charge < -0.3 is 10.0 Å². The Labute approximate surface area is 90.7 Å². The van der Waals surface area contributed by atoms with Crippen LogP contribution < -0.4 is 0 Å². The summed E-state index contributed by atoms with van der Waals surface area (Å²) < 4.78 is 0. The molecular weight excluding hydrogens is 216 g/mol. The number of nitrogens with zero attached hydrogens (tertiary/aromatic N) is 4. The lowest BCUT2D eigenvalue weighted by molar-refractivity contribution is 0.138. The number of thioether (sulfide) groups is 1. The zero-order valence-corrected chi connectivity index (χ0v) is 8.99. The third-order valence-electron chi connectivity index (χ3n) is 2.23. The molecule has 0 bridgehead atoms. The maximum atomic E-state index is 10.7. The van der Waals surface area contributed by atoms with Gasteiger partial charge in [0.15, 0.2) is 0 Å². The SMILES string of the molecule is CSc1nnc2c(n1)CCN(C(=O)O)C2. The van der Waals surface area contributed by atoms with Crippen LogP contribution in [0, 0.1) is 0 Å². The first-order chi connectivity index (χ1) is 7.20. The second-order valence-corrected chi connectivity index (χ2v) is 3.92. The molecule has 0 saturated carbocycles. The van der Waals surface area contributed by atoms with Crippen molar-refractivity contribution >= 4 is 17.9 Å². The molecular formula is C8H10N4O2S. The maximum absolute atomic E-state index is 10.7. The van der Waals surface area contributed by atoms with Gasteiger partial charge in [0.1, 0.15) is 5.69 Å². The Hall–Kier alpha value is -1.37. The van der Waals surface area contributed by atoms with Crippen molar-refractivity contribution in [3.05, 3.63) is 11.4 Å². The predicted octanol–water partition coefficient (Wildman–Crippen LogP) is 0.630. The monoisotopic (exact) mass is 226 g/mol. The van der Waals surface area contributed by atoms with Crippen LogP contribution in [0.15, 0.2) is 5.16 Å². The first kappa shape index (κ1) is 10.2. The summed E-state index contributed by atoms with van der Waals surface area (Å²) in [7, 11) is 0. The fourth-order valence-electron chi connectivity index (χ4n) is 1.44. The normalized spacial score (nSPS) is 14.9. The molecule has 1 aliphatic heterocycles.